The molecule has 0 saturated carbocycles. The molecule has 0 radical (unpaired) electrons. The van der Waals surface area contributed by atoms with E-state index in [4.69, 9.17) is 0 Å². The fraction of sp³-hybridized carbons (Fsp3) is 0.462. The number of carbonyl (C=O) groups excluding carboxylic acids is 2. The third kappa shape index (κ3) is 6.93. The maximum absolute atomic E-state index is 13.0. The number of hydrogen-bond acceptors (Lipinski definition) is 3. The lowest BCUT2D eigenvalue weighted by Gasteiger charge is -2.27. The zero-order valence-corrected chi connectivity index (χ0v) is 19.9. The Bertz CT molecular complexity index is 852. The van der Waals surface area contributed by atoms with Crippen LogP contribution >= 0.6 is 0 Å². The Morgan fingerprint density at radius 2 is 1.52 bits per heavy atom. The van der Waals surface area contributed by atoms with Crippen LogP contribution in [-0.4, -0.2) is 43.4 Å². The van der Waals surface area contributed by atoms with Gasteiger partial charge >= 0.3 is 0 Å². The second kappa shape index (κ2) is 10.6. The first kappa shape index (κ1) is 24.6. The van der Waals surface area contributed by atoms with Crippen molar-refractivity contribution in [2.45, 2.75) is 52.1 Å². The van der Waals surface area contributed by atoms with Crippen LogP contribution < -0.4 is 10.6 Å². The molecule has 2 rings (SSSR count). The molecule has 2 aromatic carbocycles. The summed E-state index contributed by atoms with van der Waals surface area (Å²) in [5, 5.41) is 5.95. The van der Waals surface area contributed by atoms with Crippen molar-refractivity contribution in [2.75, 3.05) is 20.6 Å². The number of rotatable bonds is 8. The number of amides is 2. The Morgan fingerprint density at radius 3 is 2.00 bits per heavy atom. The summed E-state index contributed by atoms with van der Waals surface area (Å²) in [4.78, 5) is 27.8. The van der Waals surface area contributed by atoms with E-state index in [2.05, 4.69) is 48.4 Å². The Morgan fingerprint density at radius 1 is 0.935 bits per heavy atom. The summed E-state index contributed by atoms with van der Waals surface area (Å²) in [5.74, 6) is -0.439. The first-order valence-electron chi connectivity index (χ1n) is 10.9. The normalized spacial score (nSPS) is 13.7. The lowest BCUT2D eigenvalue weighted by atomic mass is 9.86. The molecule has 0 aliphatic carbocycles. The summed E-state index contributed by atoms with van der Waals surface area (Å²) < 4.78 is 0. The van der Waals surface area contributed by atoms with Gasteiger partial charge < -0.3 is 15.5 Å². The Balaban J connectivity index is 2.05. The molecule has 0 aromatic heterocycles. The smallest absolute Gasteiger partial charge is 0.251 e. The molecule has 0 unspecified atom stereocenters. The van der Waals surface area contributed by atoms with E-state index >= 15 is 0 Å². The number of hydrogen-bond donors (Lipinski definition) is 2. The Hall–Kier alpha value is -2.66. The van der Waals surface area contributed by atoms with Crippen molar-refractivity contribution in [3.8, 4) is 0 Å². The van der Waals surface area contributed by atoms with E-state index in [1.165, 1.54) is 0 Å². The van der Waals surface area contributed by atoms with Crippen LogP contribution in [0.1, 0.15) is 62.1 Å². The maximum atomic E-state index is 13.0. The van der Waals surface area contributed by atoms with Gasteiger partial charge in [0.15, 0.2) is 0 Å². The molecule has 2 atom stereocenters. The van der Waals surface area contributed by atoms with Gasteiger partial charge in [-0.3, -0.25) is 9.59 Å². The minimum atomic E-state index is -0.603. The largest absolute Gasteiger partial charge is 0.352 e. The van der Waals surface area contributed by atoms with Gasteiger partial charge in [-0.1, -0.05) is 77.1 Å². The third-order valence-corrected chi connectivity index (χ3v) is 5.53. The summed E-state index contributed by atoms with van der Waals surface area (Å²) >= 11 is 0. The number of likely N-dealkylation sites (N-methyl/N-ethyl adjacent to an activating group) is 1. The van der Waals surface area contributed by atoms with Crippen molar-refractivity contribution in [3.05, 3.63) is 71.3 Å². The highest BCUT2D eigenvalue weighted by Gasteiger charge is 2.26. The van der Waals surface area contributed by atoms with E-state index < -0.39 is 6.04 Å². The minimum absolute atomic E-state index is 0.0249. The van der Waals surface area contributed by atoms with E-state index in [0.29, 0.717) is 12.1 Å². The van der Waals surface area contributed by atoms with Gasteiger partial charge in [0.2, 0.25) is 5.91 Å². The summed E-state index contributed by atoms with van der Waals surface area (Å²) in [6.07, 6.45) is 0. The molecule has 2 aromatic rings. The van der Waals surface area contributed by atoms with Gasteiger partial charge in [0.25, 0.3) is 5.91 Å². The molecular formula is C26H37N3O2. The van der Waals surface area contributed by atoms with Crippen LogP contribution in [-0.2, 0) is 10.2 Å². The highest BCUT2D eigenvalue weighted by molar-refractivity contribution is 5.97. The molecule has 5 heteroatoms. The molecule has 0 aliphatic rings. The summed E-state index contributed by atoms with van der Waals surface area (Å²) in [7, 11) is 3.99. The summed E-state index contributed by atoms with van der Waals surface area (Å²) in [6.45, 7) is 10.8. The van der Waals surface area contributed by atoms with E-state index in [0.717, 1.165) is 11.1 Å². The lowest BCUT2D eigenvalue weighted by molar-refractivity contribution is -0.124. The standard InChI is InChI=1S/C26H37N3O2/c1-18(2)23(28-24(30)20-13-15-21(16-14-20)26(3,4)5)25(31)27-17-22(29(6)7)19-11-9-8-10-12-19/h8-16,18,22-23H,17H2,1-7H3,(H,27,31)(H,28,30)/t22-,23+/m1/s1. The first-order valence-corrected chi connectivity index (χ1v) is 10.9. The van der Waals surface area contributed by atoms with E-state index in [-0.39, 0.29) is 29.2 Å². The van der Waals surface area contributed by atoms with Crippen molar-refractivity contribution < 1.29 is 9.59 Å². The third-order valence-electron chi connectivity index (χ3n) is 5.53. The van der Waals surface area contributed by atoms with E-state index in [1.54, 1.807) is 0 Å². The van der Waals surface area contributed by atoms with Crippen LogP contribution in [0.2, 0.25) is 0 Å². The monoisotopic (exact) mass is 423 g/mol. The van der Waals surface area contributed by atoms with Gasteiger partial charge in [-0.25, -0.2) is 0 Å². The lowest BCUT2D eigenvalue weighted by Crippen LogP contribution is -2.51. The summed E-state index contributed by atoms with van der Waals surface area (Å²) in [5.41, 5.74) is 2.88. The van der Waals surface area contributed by atoms with Gasteiger partial charge in [0.05, 0.1) is 6.04 Å². The van der Waals surface area contributed by atoms with Gasteiger partial charge in [0.1, 0.15) is 6.04 Å². The molecular weight excluding hydrogens is 386 g/mol. The predicted octanol–water partition coefficient (Wildman–Crippen LogP) is 4.16. The van der Waals surface area contributed by atoms with Gasteiger partial charge in [0, 0.05) is 12.1 Å². The number of benzene rings is 2. The van der Waals surface area contributed by atoms with Crippen LogP contribution in [0, 0.1) is 5.92 Å². The van der Waals surface area contributed by atoms with Crippen molar-refractivity contribution in [1.29, 1.82) is 0 Å². The second-order valence-electron chi connectivity index (χ2n) is 9.66. The molecule has 0 saturated heterocycles. The highest BCUT2D eigenvalue weighted by atomic mass is 16.2. The average molecular weight is 424 g/mol. The molecule has 31 heavy (non-hydrogen) atoms. The molecule has 0 bridgehead atoms. The molecule has 168 valence electrons. The number of nitrogens with one attached hydrogen (secondary N) is 2. The SMILES string of the molecule is CC(C)[C@H](NC(=O)c1ccc(C(C)(C)C)cc1)C(=O)NC[C@H](c1ccccc1)N(C)C. The van der Waals surface area contributed by atoms with Crippen LogP contribution in [0.3, 0.4) is 0 Å². The van der Waals surface area contributed by atoms with Gasteiger partial charge in [-0.15, -0.1) is 0 Å². The topological polar surface area (TPSA) is 61.4 Å². The second-order valence-corrected chi connectivity index (χ2v) is 9.66. The number of carbonyl (C=O) groups is 2. The Labute approximate surface area is 187 Å². The van der Waals surface area contributed by atoms with Crippen molar-refractivity contribution in [1.82, 2.24) is 15.5 Å². The molecule has 5 nitrogen and oxygen atoms in total. The molecule has 0 spiro atoms. The van der Waals surface area contributed by atoms with E-state index in [9.17, 15) is 9.59 Å². The zero-order valence-electron chi connectivity index (χ0n) is 19.9. The fourth-order valence-corrected chi connectivity index (χ4v) is 3.46. The molecule has 2 amide bonds. The summed E-state index contributed by atoms with van der Waals surface area (Å²) in [6, 6.07) is 17.1. The molecule has 2 N–H and O–H groups in total. The molecule has 0 aliphatic heterocycles. The zero-order chi connectivity index (χ0) is 23.2. The molecule has 0 fully saturated rings. The van der Waals surface area contributed by atoms with Crippen LogP contribution in [0.15, 0.2) is 54.6 Å². The van der Waals surface area contributed by atoms with Crippen LogP contribution in [0.4, 0.5) is 0 Å². The van der Waals surface area contributed by atoms with Crippen LogP contribution in [0.5, 0.6) is 0 Å². The minimum Gasteiger partial charge on any atom is -0.352 e. The van der Waals surface area contributed by atoms with E-state index in [1.807, 2.05) is 70.4 Å². The first-order chi connectivity index (χ1) is 14.5. The van der Waals surface area contributed by atoms with Crippen LogP contribution in [0.25, 0.3) is 0 Å². The van der Waals surface area contributed by atoms with Crippen molar-refractivity contribution in [2.24, 2.45) is 5.92 Å². The van der Waals surface area contributed by atoms with Gasteiger partial charge in [-0.2, -0.15) is 0 Å². The fourth-order valence-electron chi connectivity index (χ4n) is 3.46. The van der Waals surface area contributed by atoms with Crippen molar-refractivity contribution >= 4 is 11.8 Å². The highest BCUT2D eigenvalue weighted by Crippen LogP contribution is 2.22. The quantitative estimate of drug-likeness (QED) is 0.670. The molecule has 0 heterocycles. The predicted molar refractivity (Wildman–Crippen MR) is 127 cm³/mol. The number of nitrogens with zero attached hydrogens (tertiary/aromatic N) is 1. The average Bonchev–Trinajstić information content (AvgIpc) is 2.71. The Kier molecular flexibility index (Phi) is 8.40. The van der Waals surface area contributed by atoms with Gasteiger partial charge in [-0.05, 0) is 48.7 Å². The maximum Gasteiger partial charge on any atom is 0.251 e. The van der Waals surface area contributed by atoms with Crippen molar-refractivity contribution in [3.63, 3.8) is 0 Å².